The van der Waals surface area contributed by atoms with Crippen LogP contribution in [-0.4, -0.2) is 56.6 Å². The lowest BCUT2D eigenvalue weighted by molar-refractivity contribution is -0.129. The first-order valence-electron chi connectivity index (χ1n) is 7.24. The Labute approximate surface area is 134 Å². The first-order chi connectivity index (χ1) is 10.8. The van der Waals surface area contributed by atoms with Crippen molar-refractivity contribution in [3.8, 4) is 0 Å². The number of likely N-dealkylation sites (tertiary alicyclic amines) is 1. The van der Waals surface area contributed by atoms with Crippen LogP contribution >= 0.6 is 0 Å². The molecule has 8 heteroatoms. The predicted molar refractivity (Wildman–Crippen MR) is 80.0 cm³/mol. The molecule has 2 saturated heterocycles. The van der Waals surface area contributed by atoms with Gasteiger partial charge in [0, 0.05) is 33.0 Å². The topological polar surface area (TPSA) is 57.7 Å². The van der Waals surface area contributed by atoms with Crippen LogP contribution in [0.2, 0.25) is 0 Å². The number of piperidine rings is 1. The van der Waals surface area contributed by atoms with E-state index in [9.17, 15) is 22.6 Å². The maximum Gasteiger partial charge on any atom is 0.256 e. The lowest BCUT2D eigenvalue weighted by Gasteiger charge is -2.42. The second-order valence-corrected chi connectivity index (χ2v) is 7.54. The SMILES string of the molecule is CN1C(=O)CS(=O)C12CCN(C(=O)c1cc(F)ccc1F)CC2. The Bertz CT molecular complexity index is 702. The molecule has 0 aromatic heterocycles. The van der Waals surface area contributed by atoms with Crippen molar-refractivity contribution in [2.24, 2.45) is 0 Å². The van der Waals surface area contributed by atoms with Gasteiger partial charge in [0.15, 0.2) is 0 Å². The maximum absolute atomic E-state index is 13.7. The molecular formula is C15H16F2N2O3S. The molecule has 0 N–H and O–H groups in total. The minimum absolute atomic E-state index is 0.00295. The molecule has 1 unspecified atom stereocenters. The van der Waals surface area contributed by atoms with Crippen molar-refractivity contribution in [2.45, 2.75) is 17.7 Å². The normalized spacial score (nSPS) is 23.6. The third kappa shape index (κ3) is 2.54. The van der Waals surface area contributed by atoms with Crippen LogP contribution in [0.15, 0.2) is 18.2 Å². The van der Waals surface area contributed by atoms with Gasteiger partial charge in [-0.1, -0.05) is 0 Å². The van der Waals surface area contributed by atoms with Crippen LogP contribution in [-0.2, 0) is 15.6 Å². The molecule has 2 heterocycles. The predicted octanol–water partition coefficient (Wildman–Crippen LogP) is 1.12. The van der Waals surface area contributed by atoms with Crippen LogP contribution in [0.25, 0.3) is 0 Å². The fraction of sp³-hybridized carbons (Fsp3) is 0.467. The first kappa shape index (κ1) is 16.0. The molecule has 3 rings (SSSR count). The molecule has 2 amide bonds. The van der Waals surface area contributed by atoms with Gasteiger partial charge in [-0.2, -0.15) is 0 Å². The highest BCUT2D eigenvalue weighted by atomic mass is 32.2. The standard InChI is InChI=1S/C15H16F2N2O3S/c1-18-13(20)9-23(22)15(18)4-6-19(7-5-15)14(21)11-8-10(16)2-3-12(11)17/h2-3,8H,4-7,9H2,1H3. The van der Waals surface area contributed by atoms with E-state index < -0.39 is 33.2 Å². The van der Waals surface area contributed by atoms with E-state index in [1.807, 2.05) is 0 Å². The Morgan fingerprint density at radius 1 is 1.26 bits per heavy atom. The summed E-state index contributed by atoms with van der Waals surface area (Å²) in [5, 5.41) is 0. The van der Waals surface area contributed by atoms with E-state index in [0.717, 1.165) is 18.2 Å². The summed E-state index contributed by atoms with van der Waals surface area (Å²) in [5.41, 5.74) is -0.307. The molecule has 0 saturated carbocycles. The number of hydrogen-bond donors (Lipinski definition) is 0. The third-order valence-electron chi connectivity index (χ3n) is 4.65. The fourth-order valence-electron chi connectivity index (χ4n) is 3.18. The van der Waals surface area contributed by atoms with Gasteiger partial charge in [0.05, 0.1) is 16.4 Å². The van der Waals surface area contributed by atoms with Gasteiger partial charge < -0.3 is 9.80 Å². The van der Waals surface area contributed by atoms with E-state index in [2.05, 4.69) is 0 Å². The zero-order valence-electron chi connectivity index (χ0n) is 12.6. The third-order valence-corrected chi connectivity index (χ3v) is 6.69. The number of amides is 2. The molecule has 2 fully saturated rings. The molecule has 1 atom stereocenters. The zero-order chi connectivity index (χ0) is 16.8. The summed E-state index contributed by atoms with van der Waals surface area (Å²) in [6.45, 7) is 0.496. The first-order valence-corrected chi connectivity index (χ1v) is 8.56. The van der Waals surface area contributed by atoms with E-state index >= 15 is 0 Å². The summed E-state index contributed by atoms with van der Waals surface area (Å²) < 4.78 is 39.2. The van der Waals surface area contributed by atoms with Gasteiger partial charge in [-0.3, -0.25) is 13.8 Å². The molecule has 0 aliphatic carbocycles. The number of halogens is 2. The van der Waals surface area contributed by atoms with Crippen molar-refractivity contribution in [3.05, 3.63) is 35.4 Å². The molecule has 2 aliphatic rings. The summed E-state index contributed by atoms with van der Waals surface area (Å²) in [4.78, 5) is 26.3. The molecule has 5 nitrogen and oxygen atoms in total. The summed E-state index contributed by atoms with van der Waals surface area (Å²) in [6, 6.07) is 2.76. The van der Waals surface area contributed by atoms with Crippen LogP contribution in [0.1, 0.15) is 23.2 Å². The zero-order valence-corrected chi connectivity index (χ0v) is 13.4. The van der Waals surface area contributed by atoms with Gasteiger partial charge in [0.1, 0.15) is 22.3 Å². The summed E-state index contributed by atoms with van der Waals surface area (Å²) in [7, 11) is 0.318. The molecular weight excluding hydrogens is 326 g/mol. The Morgan fingerprint density at radius 3 is 2.48 bits per heavy atom. The van der Waals surface area contributed by atoms with E-state index in [1.54, 1.807) is 7.05 Å². The van der Waals surface area contributed by atoms with Crippen molar-refractivity contribution in [1.29, 1.82) is 0 Å². The second kappa shape index (κ2) is 5.67. The average Bonchev–Trinajstić information content (AvgIpc) is 2.74. The van der Waals surface area contributed by atoms with Crippen molar-refractivity contribution in [1.82, 2.24) is 9.80 Å². The Balaban J connectivity index is 1.77. The average molecular weight is 342 g/mol. The van der Waals surface area contributed by atoms with Gasteiger partial charge in [0.25, 0.3) is 5.91 Å². The van der Waals surface area contributed by atoms with Crippen LogP contribution in [0.5, 0.6) is 0 Å². The molecule has 1 aromatic carbocycles. The fourth-order valence-corrected chi connectivity index (χ4v) is 4.91. The lowest BCUT2D eigenvalue weighted by atomic mass is 10.0. The van der Waals surface area contributed by atoms with Gasteiger partial charge in [-0.25, -0.2) is 8.78 Å². The monoisotopic (exact) mass is 342 g/mol. The van der Waals surface area contributed by atoms with Crippen molar-refractivity contribution in [3.63, 3.8) is 0 Å². The van der Waals surface area contributed by atoms with Crippen LogP contribution < -0.4 is 0 Å². The largest absolute Gasteiger partial charge is 0.338 e. The number of carbonyl (C=O) groups excluding carboxylic acids is 2. The highest BCUT2D eigenvalue weighted by Gasteiger charge is 2.51. The van der Waals surface area contributed by atoms with E-state index in [1.165, 1.54) is 9.80 Å². The van der Waals surface area contributed by atoms with Crippen LogP contribution in [0.3, 0.4) is 0 Å². The van der Waals surface area contributed by atoms with E-state index in [0.29, 0.717) is 12.8 Å². The molecule has 1 aromatic rings. The number of carbonyl (C=O) groups is 2. The van der Waals surface area contributed by atoms with Gasteiger partial charge in [-0.15, -0.1) is 0 Å². The maximum atomic E-state index is 13.7. The smallest absolute Gasteiger partial charge is 0.256 e. The molecule has 0 radical (unpaired) electrons. The Kier molecular flexibility index (Phi) is 3.95. The quantitative estimate of drug-likeness (QED) is 0.768. The Morgan fingerprint density at radius 2 is 1.91 bits per heavy atom. The number of nitrogens with zero attached hydrogens (tertiary/aromatic N) is 2. The number of rotatable bonds is 1. The van der Waals surface area contributed by atoms with Gasteiger partial charge in [-0.05, 0) is 18.2 Å². The molecule has 2 aliphatic heterocycles. The number of hydrogen-bond acceptors (Lipinski definition) is 3. The summed E-state index contributed by atoms with van der Waals surface area (Å²) >= 11 is 0. The molecule has 0 bridgehead atoms. The summed E-state index contributed by atoms with van der Waals surface area (Å²) in [6.07, 6.45) is 0.731. The van der Waals surface area contributed by atoms with E-state index in [4.69, 9.17) is 0 Å². The highest BCUT2D eigenvalue weighted by Crippen LogP contribution is 2.36. The van der Waals surface area contributed by atoms with Gasteiger partial charge >= 0.3 is 0 Å². The lowest BCUT2D eigenvalue weighted by Crippen LogP contribution is -2.54. The molecule has 1 spiro atoms. The van der Waals surface area contributed by atoms with Crippen LogP contribution in [0, 0.1) is 11.6 Å². The Hall–Kier alpha value is -1.83. The van der Waals surface area contributed by atoms with Crippen LogP contribution in [0.4, 0.5) is 8.78 Å². The van der Waals surface area contributed by atoms with E-state index in [-0.39, 0.29) is 30.3 Å². The van der Waals surface area contributed by atoms with Gasteiger partial charge in [0.2, 0.25) is 5.91 Å². The minimum Gasteiger partial charge on any atom is -0.338 e. The minimum atomic E-state index is -1.30. The molecule has 124 valence electrons. The summed E-state index contributed by atoms with van der Waals surface area (Å²) in [5.74, 6) is -2.20. The highest BCUT2D eigenvalue weighted by molar-refractivity contribution is 7.87. The van der Waals surface area contributed by atoms with Crippen molar-refractivity contribution < 1.29 is 22.6 Å². The second-order valence-electron chi connectivity index (χ2n) is 5.81. The van der Waals surface area contributed by atoms with Crippen molar-refractivity contribution >= 4 is 22.6 Å². The molecule has 23 heavy (non-hydrogen) atoms. The van der Waals surface area contributed by atoms with Crippen molar-refractivity contribution in [2.75, 3.05) is 25.9 Å². The number of benzene rings is 1.